The maximum absolute atomic E-state index is 12.6. The number of aromatic nitrogens is 3. The quantitative estimate of drug-likeness (QED) is 0.419. The number of anilines is 2. The van der Waals surface area contributed by atoms with Crippen LogP contribution in [-0.4, -0.2) is 26.8 Å². The second-order valence-corrected chi connectivity index (χ2v) is 9.29. The van der Waals surface area contributed by atoms with Crippen LogP contribution >= 0.6 is 11.6 Å². The average molecular weight is 496 g/mol. The van der Waals surface area contributed by atoms with Gasteiger partial charge in [0.15, 0.2) is 0 Å². The van der Waals surface area contributed by atoms with Crippen LogP contribution in [0.1, 0.15) is 56.4 Å². The van der Waals surface area contributed by atoms with Crippen molar-refractivity contribution in [1.82, 2.24) is 14.8 Å². The highest BCUT2D eigenvalue weighted by Gasteiger charge is 2.23. The number of ether oxygens (including phenoxy) is 1. The van der Waals surface area contributed by atoms with Gasteiger partial charge >= 0.3 is 6.09 Å². The molecule has 4 rings (SSSR count). The molecule has 0 saturated heterocycles. The van der Waals surface area contributed by atoms with Crippen LogP contribution in [0.2, 0.25) is 5.02 Å². The highest BCUT2D eigenvalue weighted by molar-refractivity contribution is 6.31. The van der Waals surface area contributed by atoms with Crippen molar-refractivity contribution in [2.75, 3.05) is 10.6 Å². The fourth-order valence-corrected chi connectivity index (χ4v) is 4.66. The highest BCUT2D eigenvalue weighted by atomic mass is 35.5. The monoisotopic (exact) mass is 495 g/mol. The summed E-state index contributed by atoms with van der Waals surface area (Å²) in [5.74, 6) is 0.574. The van der Waals surface area contributed by atoms with Gasteiger partial charge in [0.25, 0.3) is 0 Å². The van der Waals surface area contributed by atoms with Crippen LogP contribution in [0.25, 0.3) is 11.3 Å². The molecule has 1 saturated carbocycles. The Kier molecular flexibility index (Phi) is 7.70. The van der Waals surface area contributed by atoms with Gasteiger partial charge in [-0.05, 0) is 44.9 Å². The van der Waals surface area contributed by atoms with Crippen molar-refractivity contribution in [2.24, 2.45) is 13.0 Å². The van der Waals surface area contributed by atoms with Gasteiger partial charge in [-0.2, -0.15) is 5.10 Å². The molecule has 1 aromatic carbocycles. The molecule has 2 aromatic heterocycles. The lowest BCUT2D eigenvalue weighted by molar-refractivity contribution is -0.120. The maximum atomic E-state index is 12.6. The van der Waals surface area contributed by atoms with E-state index in [1.54, 1.807) is 30.9 Å². The molecule has 9 heteroatoms. The number of pyridine rings is 1. The largest absolute Gasteiger partial charge is 0.441 e. The van der Waals surface area contributed by atoms with Crippen molar-refractivity contribution in [3.8, 4) is 11.3 Å². The van der Waals surface area contributed by atoms with Crippen LogP contribution in [0.15, 0.2) is 42.6 Å². The minimum atomic E-state index is -0.629. The molecule has 8 nitrogen and oxygen atoms in total. The Bertz CT molecular complexity index is 1220. The molecule has 3 aromatic rings. The lowest BCUT2D eigenvalue weighted by Crippen LogP contribution is -2.25. The Labute approximate surface area is 210 Å². The van der Waals surface area contributed by atoms with Crippen LogP contribution in [0.4, 0.5) is 16.3 Å². The maximum Gasteiger partial charge on any atom is 0.413 e. The zero-order valence-electron chi connectivity index (χ0n) is 20.2. The number of aryl methyl sites for hydroxylation is 2. The van der Waals surface area contributed by atoms with Gasteiger partial charge in [-0.3, -0.25) is 19.8 Å². The fraction of sp³-hybridized carbons (Fsp3) is 0.385. The Morgan fingerprint density at radius 3 is 2.57 bits per heavy atom. The van der Waals surface area contributed by atoms with E-state index >= 15 is 0 Å². The number of nitrogens with one attached hydrogen (secondary N) is 2. The van der Waals surface area contributed by atoms with Crippen LogP contribution in [-0.2, 0) is 16.6 Å². The molecular weight excluding hydrogens is 466 g/mol. The molecule has 1 aliphatic carbocycles. The van der Waals surface area contributed by atoms with E-state index in [0.29, 0.717) is 33.5 Å². The predicted octanol–water partition coefficient (Wildman–Crippen LogP) is 6.27. The van der Waals surface area contributed by atoms with Crippen molar-refractivity contribution in [2.45, 2.75) is 52.1 Å². The summed E-state index contributed by atoms with van der Waals surface area (Å²) in [5.41, 5.74) is 3.37. The van der Waals surface area contributed by atoms with Gasteiger partial charge < -0.3 is 10.1 Å². The highest BCUT2D eigenvalue weighted by Crippen LogP contribution is 2.30. The lowest BCUT2D eigenvalue weighted by atomic mass is 9.88. The molecule has 1 fully saturated rings. The van der Waals surface area contributed by atoms with Crippen LogP contribution < -0.4 is 10.6 Å². The SMILES string of the molecule is Cc1nc(-c2cnn(C)c2NC(=O)O[C@H](C)c2ccccc2Cl)ccc1NC(=O)C1CCCCC1. The summed E-state index contributed by atoms with van der Waals surface area (Å²) in [6.45, 7) is 3.61. The molecule has 2 heterocycles. The number of benzene rings is 1. The van der Waals surface area contributed by atoms with Crippen molar-refractivity contribution < 1.29 is 14.3 Å². The third-order valence-corrected chi connectivity index (χ3v) is 6.73. The number of amides is 2. The molecule has 2 amide bonds. The topological polar surface area (TPSA) is 98.1 Å². The van der Waals surface area contributed by atoms with Crippen LogP contribution in [0, 0.1) is 12.8 Å². The lowest BCUT2D eigenvalue weighted by Gasteiger charge is -2.21. The van der Waals surface area contributed by atoms with Crippen LogP contribution in [0.3, 0.4) is 0 Å². The van der Waals surface area contributed by atoms with Gasteiger partial charge in [0, 0.05) is 23.6 Å². The Morgan fingerprint density at radius 1 is 1.11 bits per heavy atom. The minimum Gasteiger partial charge on any atom is -0.441 e. The van der Waals surface area contributed by atoms with Crippen molar-refractivity contribution >= 4 is 35.1 Å². The molecular formula is C26H30ClN5O3. The number of hydrogen-bond donors (Lipinski definition) is 2. The first-order valence-electron chi connectivity index (χ1n) is 11.9. The first-order valence-corrected chi connectivity index (χ1v) is 12.2. The normalized spacial score (nSPS) is 14.9. The van der Waals surface area contributed by atoms with Crippen molar-refractivity contribution in [1.29, 1.82) is 0 Å². The number of nitrogens with zero attached hydrogens (tertiary/aromatic N) is 3. The smallest absolute Gasteiger partial charge is 0.413 e. The van der Waals surface area contributed by atoms with E-state index in [0.717, 1.165) is 31.2 Å². The number of carbonyl (C=O) groups is 2. The van der Waals surface area contributed by atoms with Gasteiger partial charge in [-0.1, -0.05) is 49.1 Å². The summed E-state index contributed by atoms with van der Waals surface area (Å²) in [4.78, 5) is 30.0. The van der Waals surface area contributed by atoms with E-state index in [2.05, 4.69) is 20.7 Å². The third-order valence-electron chi connectivity index (χ3n) is 6.38. The predicted molar refractivity (Wildman–Crippen MR) is 136 cm³/mol. The summed E-state index contributed by atoms with van der Waals surface area (Å²) in [5, 5.41) is 10.6. The van der Waals surface area contributed by atoms with E-state index in [1.807, 2.05) is 37.3 Å². The molecule has 0 radical (unpaired) electrons. The van der Waals surface area contributed by atoms with Gasteiger partial charge in [0.05, 0.1) is 28.8 Å². The molecule has 0 spiro atoms. The van der Waals surface area contributed by atoms with Gasteiger partial charge in [0.1, 0.15) is 11.9 Å². The minimum absolute atomic E-state index is 0.0569. The number of carbonyl (C=O) groups excluding carboxylic acids is 2. The molecule has 184 valence electrons. The van der Waals surface area contributed by atoms with Crippen molar-refractivity contribution in [3.05, 3.63) is 58.9 Å². The molecule has 2 N–H and O–H groups in total. The first kappa shape index (κ1) is 24.7. The van der Waals surface area contributed by atoms with E-state index in [1.165, 1.54) is 6.42 Å². The molecule has 1 atom stereocenters. The van der Waals surface area contributed by atoms with Gasteiger partial charge in [0.2, 0.25) is 5.91 Å². The zero-order chi connectivity index (χ0) is 24.9. The van der Waals surface area contributed by atoms with Gasteiger partial charge in [-0.15, -0.1) is 0 Å². The zero-order valence-corrected chi connectivity index (χ0v) is 20.9. The Hall–Kier alpha value is -3.39. The summed E-state index contributed by atoms with van der Waals surface area (Å²) in [6, 6.07) is 10.9. The summed E-state index contributed by atoms with van der Waals surface area (Å²) in [6.07, 6.45) is 5.75. The standard InChI is InChI=1S/C26H30ClN5O3/c1-16-22(30-25(33)18-9-5-4-6-10-18)13-14-23(29-16)20-15-28-32(3)24(20)31-26(34)35-17(2)19-11-7-8-12-21(19)27/h7-8,11-15,17-18H,4-6,9-10H2,1-3H3,(H,30,33)(H,31,34)/t17-/m1/s1. The van der Waals surface area contributed by atoms with Crippen LogP contribution in [0.5, 0.6) is 0 Å². The second kappa shape index (κ2) is 10.9. The number of halogens is 1. The Balaban J connectivity index is 1.46. The molecule has 1 aliphatic rings. The van der Waals surface area contributed by atoms with E-state index in [-0.39, 0.29) is 11.8 Å². The van der Waals surface area contributed by atoms with Gasteiger partial charge in [-0.25, -0.2) is 4.79 Å². The fourth-order valence-electron chi connectivity index (χ4n) is 4.37. The van der Waals surface area contributed by atoms with E-state index in [4.69, 9.17) is 16.3 Å². The average Bonchev–Trinajstić information content (AvgIpc) is 3.20. The molecule has 0 aliphatic heterocycles. The third kappa shape index (κ3) is 5.82. The van der Waals surface area contributed by atoms with E-state index < -0.39 is 12.2 Å². The summed E-state index contributed by atoms with van der Waals surface area (Å²) >= 11 is 6.22. The summed E-state index contributed by atoms with van der Waals surface area (Å²) in [7, 11) is 1.72. The molecule has 0 unspecified atom stereocenters. The Morgan fingerprint density at radius 2 is 1.86 bits per heavy atom. The van der Waals surface area contributed by atoms with E-state index in [9.17, 15) is 9.59 Å². The van der Waals surface area contributed by atoms with Crippen molar-refractivity contribution in [3.63, 3.8) is 0 Å². The summed E-state index contributed by atoms with van der Waals surface area (Å²) < 4.78 is 7.09. The molecule has 35 heavy (non-hydrogen) atoms. The number of rotatable bonds is 6. The second-order valence-electron chi connectivity index (χ2n) is 8.88. The number of hydrogen-bond acceptors (Lipinski definition) is 5. The molecule has 0 bridgehead atoms. The first-order chi connectivity index (χ1) is 16.8.